The maximum Gasteiger partial charge on any atom is 0.315 e. The third kappa shape index (κ3) is 6.77. The number of rotatable bonds is 9. The number of benzene rings is 2. The molecule has 0 radical (unpaired) electrons. The molecule has 0 aromatic heterocycles. The summed E-state index contributed by atoms with van der Waals surface area (Å²) in [5.41, 5.74) is 2.21. The largest absolute Gasteiger partial charge is 0.343 e. The van der Waals surface area contributed by atoms with E-state index in [0.29, 0.717) is 32.5 Å². The van der Waals surface area contributed by atoms with Crippen LogP contribution in [0, 0.1) is 0 Å². The van der Waals surface area contributed by atoms with Crippen molar-refractivity contribution in [3.63, 3.8) is 0 Å². The highest BCUT2D eigenvalue weighted by Gasteiger charge is 2.16. The first-order valence-corrected chi connectivity index (χ1v) is 9.55. The molecule has 0 spiro atoms. The third-order valence-electron chi connectivity index (χ3n) is 4.53. The van der Waals surface area contributed by atoms with Gasteiger partial charge in [-0.15, -0.1) is 0 Å². The lowest BCUT2D eigenvalue weighted by molar-refractivity contribution is -0.130. The van der Waals surface area contributed by atoms with Gasteiger partial charge in [0.05, 0.1) is 6.04 Å². The maximum atomic E-state index is 12.4. The summed E-state index contributed by atoms with van der Waals surface area (Å²) in [7, 11) is 0. The summed E-state index contributed by atoms with van der Waals surface area (Å²) in [6, 6.07) is 19.6. The molecule has 27 heavy (non-hydrogen) atoms. The van der Waals surface area contributed by atoms with E-state index in [1.54, 1.807) is 4.90 Å². The van der Waals surface area contributed by atoms with Gasteiger partial charge in [0.15, 0.2) is 0 Å². The molecule has 0 aliphatic carbocycles. The second-order valence-electron chi connectivity index (χ2n) is 6.37. The minimum atomic E-state index is -0.257. The van der Waals surface area contributed by atoms with Crippen molar-refractivity contribution < 1.29 is 9.59 Å². The van der Waals surface area contributed by atoms with Crippen LogP contribution in [-0.2, 0) is 11.2 Å². The Kier molecular flexibility index (Phi) is 8.36. The van der Waals surface area contributed by atoms with Crippen LogP contribution in [-0.4, -0.2) is 36.5 Å². The van der Waals surface area contributed by atoms with E-state index < -0.39 is 0 Å². The number of amides is 3. The van der Waals surface area contributed by atoms with Gasteiger partial charge in [-0.2, -0.15) is 0 Å². The number of nitrogens with one attached hydrogen (secondary N) is 2. The van der Waals surface area contributed by atoms with Gasteiger partial charge in [-0.3, -0.25) is 4.79 Å². The standard InChI is InChI=1S/C22H29N3O2/c1-3-25(4-2)21(26)15-16-23-22(27)24-20(19-13-9-6-10-14-19)17-18-11-7-5-8-12-18/h5-14,20H,3-4,15-17H2,1-2H3,(H2,23,24,27). The van der Waals surface area contributed by atoms with Crippen LogP contribution in [0.15, 0.2) is 60.7 Å². The molecule has 3 amide bonds. The zero-order valence-corrected chi connectivity index (χ0v) is 16.2. The Morgan fingerprint density at radius 1 is 0.926 bits per heavy atom. The van der Waals surface area contributed by atoms with Gasteiger partial charge in [0.1, 0.15) is 0 Å². The van der Waals surface area contributed by atoms with Crippen molar-refractivity contribution >= 4 is 11.9 Å². The highest BCUT2D eigenvalue weighted by atomic mass is 16.2. The molecule has 2 aromatic carbocycles. The molecule has 0 fully saturated rings. The van der Waals surface area contributed by atoms with E-state index in [2.05, 4.69) is 22.8 Å². The van der Waals surface area contributed by atoms with E-state index in [4.69, 9.17) is 0 Å². The number of urea groups is 1. The first-order chi connectivity index (χ1) is 13.1. The van der Waals surface area contributed by atoms with Gasteiger partial charge in [0, 0.05) is 26.1 Å². The van der Waals surface area contributed by atoms with Gasteiger partial charge < -0.3 is 15.5 Å². The zero-order valence-electron chi connectivity index (χ0n) is 16.2. The van der Waals surface area contributed by atoms with Gasteiger partial charge in [0.25, 0.3) is 0 Å². The summed E-state index contributed by atoms with van der Waals surface area (Å²) in [4.78, 5) is 26.2. The van der Waals surface area contributed by atoms with Gasteiger partial charge in [-0.1, -0.05) is 60.7 Å². The Balaban J connectivity index is 1.92. The van der Waals surface area contributed by atoms with Crippen LogP contribution in [0.3, 0.4) is 0 Å². The minimum Gasteiger partial charge on any atom is -0.343 e. The van der Waals surface area contributed by atoms with Gasteiger partial charge in [0.2, 0.25) is 5.91 Å². The molecule has 0 saturated heterocycles. The SMILES string of the molecule is CCN(CC)C(=O)CCNC(=O)NC(Cc1ccccc1)c1ccccc1. The molecule has 2 rings (SSSR count). The highest BCUT2D eigenvalue weighted by Crippen LogP contribution is 2.18. The second kappa shape index (κ2) is 11.0. The first-order valence-electron chi connectivity index (χ1n) is 9.55. The summed E-state index contributed by atoms with van der Waals surface area (Å²) in [5, 5.41) is 5.84. The lowest BCUT2D eigenvalue weighted by Gasteiger charge is -2.21. The molecular weight excluding hydrogens is 338 g/mol. The average Bonchev–Trinajstić information content (AvgIpc) is 2.70. The van der Waals surface area contributed by atoms with Crippen molar-refractivity contribution in [1.82, 2.24) is 15.5 Å². The Hall–Kier alpha value is -2.82. The molecule has 2 N–H and O–H groups in total. The quantitative estimate of drug-likeness (QED) is 0.712. The van der Waals surface area contributed by atoms with E-state index in [-0.39, 0.29) is 18.0 Å². The molecule has 1 unspecified atom stereocenters. The lowest BCUT2D eigenvalue weighted by atomic mass is 9.99. The number of nitrogens with zero attached hydrogens (tertiary/aromatic N) is 1. The van der Waals surface area contributed by atoms with E-state index in [1.807, 2.05) is 62.4 Å². The van der Waals surface area contributed by atoms with Crippen LogP contribution in [0.2, 0.25) is 0 Å². The van der Waals surface area contributed by atoms with Crippen LogP contribution < -0.4 is 10.6 Å². The normalized spacial score (nSPS) is 11.5. The number of carbonyl (C=O) groups excluding carboxylic acids is 2. The molecular formula is C22H29N3O2. The number of hydrogen-bond donors (Lipinski definition) is 2. The van der Waals surface area contributed by atoms with Crippen LogP contribution in [0.4, 0.5) is 4.79 Å². The van der Waals surface area contributed by atoms with Crippen LogP contribution in [0.5, 0.6) is 0 Å². The fourth-order valence-electron chi connectivity index (χ4n) is 3.01. The summed E-state index contributed by atoms with van der Waals surface area (Å²) >= 11 is 0. The highest BCUT2D eigenvalue weighted by molar-refractivity contribution is 5.78. The molecule has 144 valence electrons. The molecule has 1 atom stereocenters. The lowest BCUT2D eigenvalue weighted by Crippen LogP contribution is -2.41. The fraction of sp³-hybridized carbons (Fsp3) is 0.364. The molecule has 0 saturated carbocycles. The van der Waals surface area contributed by atoms with Crippen molar-refractivity contribution in [2.45, 2.75) is 32.7 Å². The van der Waals surface area contributed by atoms with Gasteiger partial charge in [-0.25, -0.2) is 4.79 Å². The molecule has 5 heteroatoms. The maximum absolute atomic E-state index is 12.4. The van der Waals surface area contributed by atoms with Crippen LogP contribution in [0.25, 0.3) is 0 Å². The Morgan fingerprint density at radius 2 is 1.52 bits per heavy atom. The van der Waals surface area contributed by atoms with Crippen LogP contribution >= 0.6 is 0 Å². The number of carbonyl (C=O) groups is 2. The Bertz CT molecular complexity index is 700. The average molecular weight is 367 g/mol. The van der Waals surface area contributed by atoms with E-state index in [0.717, 1.165) is 11.1 Å². The van der Waals surface area contributed by atoms with E-state index in [1.165, 1.54) is 0 Å². The summed E-state index contributed by atoms with van der Waals surface area (Å²) in [5.74, 6) is 0.0594. The van der Waals surface area contributed by atoms with Crippen molar-refractivity contribution in [2.75, 3.05) is 19.6 Å². The number of hydrogen-bond acceptors (Lipinski definition) is 2. The van der Waals surface area contributed by atoms with Crippen molar-refractivity contribution in [3.8, 4) is 0 Å². The first kappa shape index (κ1) is 20.5. The Morgan fingerprint density at radius 3 is 2.11 bits per heavy atom. The topological polar surface area (TPSA) is 61.4 Å². The predicted molar refractivity (Wildman–Crippen MR) is 108 cm³/mol. The molecule has 0 aliphatic heterocycles. The van der Waals surface area contributed by atoms with E-state index in [9.17, 15) is 9.59 Å². The van der Waals surface area contributed by atoms with E-state index >= 15 is 0 Å². The van der Waals surface area contributed by atoms with Crippen LogP contribution in [0.1, 0.15) is 37.4 Å². The summed E-state index contributed by atoms with van der Waals surface area (Å²) < 4.78 is 0. The molecule has 0 bridgehead atoms. The predicted octanol–water partition coefficient (Wildman–Crippen LogP) is 3.53. The summed E-state index contributed by atoms with van der Waals surface area (Å²) in [6.07, 6.45) is 1.01. The smallest absolute Gasteiger partial charge is 0.315 e. The molecule has 0 heterocycles. The molecule has 5 nitrogen and oxygen atoms in total. The zero-order chi connectivity index (χ0) is 19.5. The third-order valence-corrected chi connectivity index (χ3v) is 4.53. The van der Waals surface area contributed by atoms with Crippen molar-refractivity contribution in [2.24, 2.45) is 0 Å². The monoisotopic (exact) mass is 367 g/mol. The molecule has 2 aromatic rings. The Labute approximate surface area is 161 Å². The molecule has 0 aliphatic rings. The van der Waals surface area contributed by atoms with Crippen molar-refractivity contribution in [3.05, 3.63) is 71.8 Å². The van der Waals surface area contributed by atoms with Gasteiger partial charge >= 0.3 is 6.03 Å². The van der Waals surface area contributed by atoms with Crippen molar-refractivity contribution in [1.29, 1.82) is 0 Å². The summed E-state index contributed by atoms with van der Waals surface area (Å²) in [6.45, 7) is 5.61. The fourth-order valence-corrected chi connectivity index (χ4v) is 3.01. The van der Waals surface area contributed by atoms with Gasteiger partial charge in [-0.05, 0) is 31.4 Å². The second-order valence-corrected chi connectivity index (χ2v) is 6.37. The minimum absolute atomic E-state index is 0.0594.